The Morgan fingerprint density at radius 3 is 2.46 bits per heavy atom. The highest BCUT2D eigenvalue weighted by Crippen LogP contribution is 2.37. The van der Waals surface area contributed by atoms with E-state index in [4.69, 9.17) is 9.47 Å². The lowest BCUT2D eigenvalue weighted by Crippen LogP contribution is -2.51. The number of carbonyl (C=O) groups excluding carboxylic acids is 2. The third-order valence-electron chi connectivity index (χ3n) is 6.67. The molecule has 0 spiro atoms. The number of anilines is 1. The van der Waals surface area contributed by atoms with Gasteiger partial charge in [-0.1, -0.05) is 36.4 Å². The quantitative estimate of drug-likeness (QED) is 0.318. The van der Waals surface area contributed by atoms with Gasteiger partial charge in [-0.05, 0) is 56.7 Å². The summed E-state index contributed by atoms with van der Waals surface area (Å²) >= 11 is 0. The molecule has 0 aliphatic rings. The number of ether oxygens (including phenoxy) is 2. The smallest absolute Gasteiger partial charge is 0.249 e. The molecule has 2 amide bonds. The lowest BCUT2D eigenvalue weighted by atomic mass is 9.97. The van der Waals surface area contributed by atoms with Crippen LogP contribution in [-0.2, 0) is 16.1 Å². The van der Waals surface area contributed by atoms with Gasteiger partial charge in [0, 0.05) is 17.2 Å². The number of aromatic nitrogens is 3. The van der Waals surface area contributed by atoms with Crippen molar-refractivity contribution >= 4 is 28.5 Å². The van der Waals surface area contributed by atoms with Crippen LogP contribution < -0.4 is 19.7 Å². The summed E-state index contributed by atoms with van der Waals surface area (Å²) in [5.74, 6) is -0.909. The van der Waals surface area contributed by atoms with Gasteiger partial charge >= 0.3 is 0 Å². The molecule has 0 aliphatic carbocycles. The molecule has 3 aromatic carbocycles. The largest absolute Gasteiger partial charge is 0.497 e. The number of halogens is 1. The van der Waals surface area contributed by atoms with Crippen LogP contribution in [0.4, 0.5) is 10.1 Å². The summed E-state index contributed by atoms with van der Waals surface area (Å²) in [5, 5.41) is 11.3. The summed E-state index contributed by atoms with van der Waals surface area (Å²) in [5.41, 5.74) is 0.955. The van der Waals surface area contributed by atoms with Gasteiger partial charge in [-0.15, -0.1) is 5.10 Å². The van der Waals surface area contributed by atoms with Crippen LogP contribution in [0.2, 0.25) is 0 Å². The predicted molar refractivity (Wildman–Crippen MR) is 146 cm³/mol. The molecule has 1 atom stereocenters. The highest BCUT2D eigenvalue weighted by atomic mass is 19.1. The molecule has 0 saturated carbocycles. The maximum absolute atomic E-state index is 15.4. The summed E-state index contributed by atoms with van der Waals surface area (Å²) < 4.78 is 27.7. The first-order valence-corrected chi connectivity index (χ1v) is 12.6. The molecule has 0 fully saturated rings. The fourth-order valence-electron chi connectivity index (χ4n) is 4.24. The number of carbonyl (C=O) groups is 2. The average molecular weight is 534 g/mol. The molecule has 204 valence electrons. The van der Waals surface area contributed by atoms with E-state index >= 15 is 4.39 Å². The van der Waals surface area contributed by atoms with E-state index in [1.807, 2.05) is 32.9 Å². The van der Waals surface area contributed by atoms with E-state index in [2.05, 4.69) is 15.6 Å². The van der Waals surface area contributed by atoms with Crippen molar-refractivity contribution in [2.24, 2.45) is 0 Å². The summed E-state index contributed by atoms with van der Waals surface area (Å²) in [6.45, 7) is 5.42. The molecule has 0 bridgehead atoms. The molecule has 4 rings (SSSR count). The standard InChI is InChI=1S/C29H32FN5O4/c1-6-29(2,3)31-28(37)27(20-16-15-19(38-4)17-25(20)39-5)35(23-13-9-7-11-21(23)30)26(36)18-34-24-14-10-8-12-22(24)32-33-34/h7-17,27H,6,18H2,1-5H3,(H,31,37). The van der Waals surface area contributed by atoms with Gasteiger partial charge in [0.25, 0.3) is 0 Å². The van der Waals surface area contributed by atoms with Crippen molar-refractivity contribution in [1.82, 2.24) is 20.3 Å². The predicted octanol–water partition coefficient (Wildman–Crippen LogP) is 4.67. The number of amides is 2. The van der Waals surface area contributed by atoms with Crippen LogP contribution in [0.25, 0.3) is 11.0 Å². The van der Waals surface area contributed by atoms with E-state index in [1.165, 1.54) is 37.1 Å². The highest BCUT2D eigenvalue weighted by molar-refractivity contribution is 6.02. The second-order valence-corrected chi connectivity index (χ2v) is 9.69. The highest BCUT2D eigenvalue weighted by Gasteiger charge is 2.38. The second-order valence-electron chi connectivity index (χ2n) is 9.69. The Labute approximate surface area is 226 Å². The number of fused-ring (bicyclic) bond motifs is 1. The van der Waals surface area contributed by atoms with Crippen molar-refractivity contribution < 1.29 is 23.5 Å². The SMILES string of the molecule is CCC(C)(C)NC(=O)C(c1ccc(OC)cc1OC)N(C(=O)Cn1nnc2ccccc21)c1ccccc1F. The maximum Gasteiger partial charge on any atom is 0.249 e. The van der Waals surface area contributed by atoms with Crippen LogP contribution in [-0.4, -0.2) is 46.6 Å². The van der Waals surface area contributed by atoms with E-state index < -0.39 is 29.2 Å². The van der Waals surface area contributed by atoms with Gasteiger partial charge in [0.2, 0.25) is 11.8 Å². The van der Waals surface area contributed by atoms with Crippen LogP contribution in [0.1, 0.15) is 38.8 Å². The maximum atomic E-state index is 15.4. The molecule has 1 aromatic heterocycles. The van der Waals surface area contributed by atoms with Crippen molar-refractivity contribution in [2.45, 2.75) is 45.3 Å². The molecule has 0 aliphatic heterocycles. The molecule has 10 heteroatoms. The average Bonchev–Trinajstić information content (AvgIpc) is 3.34. The van der Waals surface area contributed by atoms with Gasteiger partial charge in [0.05, 0.1) is 25.4 Å². The molecular weight excluding hydrogens is 501 g/mol. The Balaban J connectivity index is 1.89. The summed E-state index contributed by atoms with van der Waals surface area (Å²) in [6, 6.07) is 16.7. The van der Waals surface area contributed by atoms with E-state index in [9.17, 15) is 9.59 Å². The van der Waals surface area contributed by atoms with Gasteiger partial charge in [-0.2, -0.15) is 0 Å². The number of benzene rings is 3. The van der Waals surface area contributed by atoms with Crippen LogP contribution in [0, 0.1) is 5.82 Å². The Kier molecular flexibility index (Phi) is 8.13. The first kappa shape index (κ1) is 27.6. The Morgan fingerprint density at radius 2 is 1.77 bits per heavy atom. The van der Waals surface area contributed by atoms with Crippen LogP contribution in [0.15, 0.2) is 66.7 Å². The van der Waals surface area contributed by atoms with Crippen molar-refractivity contribution in [3.05, 3.63) is 78.1 Å². The molecule has 1 heterocycles. The molecule has 1 N–H and O–H groups in total. The third kappa shape index (κ3) is 5.84. The zero-order valence-corrected chi connectivity index (χ0v) is 22.6. The molecular formula is C29H32FN5O4. The molecule has 9 nitrogen and oxygen atoms in total. The zero-order chi connectivity index (χ0) is 28.2. The number of para-hydroxylation sites is 2. The number of nitrogens with one attached hydrogen (secondary N) is 1. The molecule has 0 radical (unpaired) electrons. The van der Waals surface area contributed by atoms with E-state index in [0.29, 0.717) is 34.5 Å². The van der Waals surface area contributed by atoms with Gasteiger partial charge in [-0.25, -0.2) is 9.07 Å². The lowest BCUT2D eigenvalue weighted by Gasteiger charge is -2.35. The summed E-state index contributed by atoms with van der Waals surface area (Å²) in [6.07, 6.45) is 0.629. The van der Waals surface area contributed by atoms with Crippen LogP contribution in [0.3, 0.4) is 0 Å². The number of hydrogen-bond donors (Lipinski definition) is 1. The minimum atomic E-state index is -1.28. The number of nitrogens with zero attached hydrogens (tertiary/aromatic N) is 4. The topological polar surface area (TPSA) is 98.6 Å². The van der Waals surface area contributed by atoms with Crippen molar-refractivity contribution in [3.8, 4) is 11.5 Å². The summed E-state index contributed by atoms with van der Waals surface area (Å²) in [7, 11) is 2.97. The molecule has 1 unspecified atom stereocenters. The van der Waals surface area contributed by atoms with E-state index in [0.717, 1.165) is 4.90 Å². The van der Waals surface area contributed by atoms with Crippen LogP contribution in [0.5, 0.6) is 11.5 Å². The second kappa shape index (κ2) is 11.5. The summed E-state index contributed by atoms with van der Waals surface area (Å²) in [4.78, 5) is 29.3. The fraction of sp³-hybridized carbons (Fsp3) is 0.310. The van der Waals surface area contributed by atoms with E-state index in [1.54, 1.807) is 36.4 Å². The van der Waals surface area contributed by atoms with Crippen LogP contribution >= 0.6 is 0 Å². The molecule has 4 aromatic rings. The van der Waals surface area contributed by atoms with Gasteiger partial charge in [0.15, 0.2) is 0 Å². The minimum Gasteiger partial charge on any atom is -0.497 e. The molecule has 39 heavy (non-hydrogen) atoms. The minimum absolute atomic E-state index is 0.0563. The number of hydrogen-bond acceptors (Lipinski definition) is 6. The monoisotopic (exact) mass is 533 g/mol. The normalized spacial score (nSPS) is 12.2. The first-order valence-electron chi connectivity index (χ1n) is 12.6. The number of rotatable bonds is 10. The zero-order valence-electron chi connectivity index (χ0n) is 22.6. The third-order valence-corrected chi connectivity index (χ3v) is 6.67. The molecule has 0 saturated heterocycles. The van der Waals surface area contributed by atoms with Crippen molar-refractivity contribution in [3.63, 3.8) is 0 Å². The van der Waals surface area contributed by atoms with E-state index in [-0.39, 0.29) is 12.2 Å². The number of methoxy groups -OCH3 is 2. The van der Waals surface area contributed by atoms with Gasteiger partial charge in [-0.3, -0.25) is 14.5 Å². The Morgan fingerprint density at radius 1 is 1.05 bits per heavy atom. The lowest BCUT2D eigenvalue weighted by molar-refractivity contribution is -0.128. The fourth-order valence-corrected chi connectivity index (χ4v) is 4.24. The van der Waals surface area contributed by atoms with Gasteiger partial charge in [0.1, 0.15) is 35.4 Å². The first-order chi connectivity index (χ1) is 18.7. The van der Waals surface area contributed by atoms with Gasteiger partial charge < -0.3 is 14.8 Å². The van der Waals surface area contributed by atoms with Crippen molar-refractivity contribution in [2.75, 3.05) is 19.1 Å². The van der Waals surface area contributed by atoms with Crippen molar-refractivity contribution in [1.29, 1.82) is 0 Å². The Bertz CT molecular complexity index is 1490. The Hall–Kier alpha value is -4.47.